The Labute approximate surface area is 122 Å². The van der Waals surface area contributed by atoms with Crippen molar-refractivity contribution in [3.05, 3.63) is 35.9 Å². The average molecular weight is 274 g/mol. The predicted octanol–water partition coefficient (Wildman–Crippen LogP) is 2.56. The summed E-state index contributed by atoms with van der Waals surface area (Å²) in [5, 5.41) is 0. The van der Waals surface area contributed by atoms with E-state index in [-0.39, 0.29) is 0 Å². The molecule has 20 heavy (non-hydrogen) atoms. The highest BCUT2D eigenvalue weighted by Gasteiger charge is 2.29. The van der Waals surface area contributed by atoms with Crippen LogP contribution in [-0.2, 0) is 11.2 Å². The molecule has 1 fully saturated rings. The summed E-state index contributed by atoms with van der Waals surface area (Å²) in [5.41, 5.74) is 1.33. The van der Waals surface area contributed by atoms with Gasteiger partial charge >= 0.3 is 0 Å². The van der Waals surface area contributed by atoms with Crippen molar-refractivity contribution in [3.63, 3.8) is 0 Å². The zero-order valence-corrected chi connectivity index (χ0v) is 12.7. The molecule has 1 heterocycles. The van der Waals surface area contributed by atoms with Crippen LogP contribution in [-0.4, -0.2) is 47.9 Å². The molecule has 1 aromatic carbocycles. The molecule has 0 spiro atoms. The molecule has 1 aromatic rings. The highest BCUT2D eigenvalue weighted by atomic mass is 16.2. The fraction of sp³-hybridized carbons (Fsp3) is 0.588. The van der Waals surface area contributed by atoms with Crippen LogP contribution in [0.1, 0.15) is 32.3 Å². The number of hydrogen-bond donors (Lipinski definition) is 0. The largest absolute Gasteiger partial charge is 0.338 e. The second-order valence-electron chi connectivity index (χ2n) is 5.53. The van der Waals surface area contributed by atoms with E-state index in [4.69, 9.17) is 0 Å². The van der Waals surface area contributed by atoms with Gasteiger partial charge < -0.3 is 4.90 Å². The minimum atomic E-state index is 0.298. The zero-order valence-electron chi connectivity index (χ0n) is 12.7. The quantitative estimate of drug-likeness (QED) is 0.796. The second-order valence-corrected chi connectivity index (χ2v) is 5.53. The molecule has 0 N–H and O–H groups in total. The Morgan fingerprint density at radius 1 is 1.25 bits per heavy atom. The fourth-order valence-electron chi connectivity index (χ4n) is 2.99. The number of carbonyl (C=O) groups excluding carboxylic acids is 1. The molecular formula is C17H26N2O. The number of nitrogens with zero attached hydrogens (tertiary/aromatic N) is 2. The smallest absolute Gasteiger partial charge is 0.237 e. The summed E-state index contributed by atoms with van der Waals surface area (Å²) >= 11 is 0. The molecule has 1 saturated heterocycles. The van der Waals surface area contributed by atoms with E-state index in [1.807, 2.05) is 6.07 Å². The second kappa shape index (κ2) is 7.44. The maximum atomic E-state index is 12.5. The number of hydrogen-bond acceptors (Lipinski definition) is 2. The van der Waals surface area contributed by atoms with Crippen molar-refractivity contribution in [1.82, 2.24) is 9.80 Å². The first kappa shape index (κ1) is 15.0. The van der Waals surface area contributed by atoms with Crippen LogP contribution in [0.15, 0.2) is 30.3 Å². The Morgan fingerprint density at radius 3 is 2.60 bits per heavy atom. The van der Waals surface area contributed by atoms with Crippen LogP contribution in [0.4, 0.5) is 0 Å². The van der Waals surface area contributed by atoms with E-state index < -0.39 is 0 Å². The lowest BCUT2D eigenvalue weighted by Gasteiger charge is -2.27. The van der Waals surface area contributed by atoms with Gasteiger partial charge in [0.25, 0.3) is 0 Å². The van der Waals surface area contributed by atoms with E-state index in [0.717, 1.165) is 38.9 Å². The van der Waals surface area contributed by atoms with E-state index >= 15 is 0 Å². The number of likely N-dealkylation sites (tertiary alicyclic amines) is 1. The summed E-state index contributed by atoms with van der Waals surface area (Å²) in [6.07, 6.45) is 3.27. The number of rotatable bonds is 6. The van der Waals surface area contributed by atoms with Gasteiger partial charge in [-0.2, -0.15) is 0 Å². The lowest BCUT2D eigenvalue weighted by Crippen LogP contribution is -2.43. The summed E-state index contributed by atoms with van der Waals surface area (Å²) in [6.45, 7) is 7.61. The van der Waals surface area contributed by atoms with E-state index in [9.17, 15) is 4.79 Å². The monoisotopic (exact) mass is 274 g/mol. The maximum Gasteiger partial charge on any atom is 0.237 e. The van der Waals surface area contributed by atoms with Gasteiger partial charge in [-0.1, -0.05) is 44.2 Å². The molecule has 3 nitrogen and oxygen atoms in total. The summed E-state index contributed by atoms with van der Waals surface area (Å²) in [5.74, 6) is 0.298. The maximum absolute atomic E-state index is 12.5. The zero-order chi connectivity index (χ0) is 14.4. The normalized spacial score (nSPS) is 18.8. The van der Waals surface area contributed by atoms with E-state index in [1.54, 1.807) is 0 Å². The minimum absolute atomic E-state index is 0.298. The van der Waals surface area contributed by atoms with Crippen LogP contribution in [0, 0.1) is 0 Å². The predicted molar refractivity (Wildman–Crippen MR) is 82.7 cm³/mol. The first-order chi connectivity index (χ1) is 9.74. The fourth-order valence-corrected chi connectivity index (χ4v) is 2.99. The lowest BCUT2D eigenvalue weighted by atomic mass is 10.0. The van der Waals surface area contributed by atoms with Crippen molar-refractivity contribution in [2.24, 2.45) is 0 Å². The topological polar surface area (TPSA) is 23.6 Å². The van der Waals surface area contributed by atoms with Gasteiger partial charge in [-0.05, 0) is 37.9 Å². The number of benzene rings is 1. The molecule has 0 saturated carbocycles. The molecule has 110 valence electrons. The summed E-state index contributed by atoms with van der Waals surface area (Å²) in [4.78, 5) is 16.8. The van der Waals surface area contributed by atoms with E-state index in [0.29, 0.717) is 18.5 Å². The SMILES string of the molecule is CCN(CC)CC(=O)N1CCCC1Cc1ccccc1. The molecular weight excluding hydrogens is 248 g/mol. The molecule has 1 amide bonds. The Morgan fingerprint density at radius 2 is 1.95 bits per heavy atom. The number of amides is 1. The molecule has 0 aromatic heterocycles. The van der Waals surface area contributed by atoms with Crippen molar-refractivity contribution in [2.75, 3.05) is 26.2 Å². The van der Waals surface area contributed by atoms with Crippen molar-refractivity contribution >= 4 is 5.91 Å². The highest BCUT2D eigenvalue weighted by molar-refractivity contribution is 5.79. The van der Waals surface area contributed by atoms with E-state index in [2.05, 4.69) is 47.9 Å². The summed E-state index contributed by atoms with van der Waals surface area (Å²) < 4.78 is 0. The van der Waals surface area contributed by atoms with Gasteiger partial charge in [0.1, 0.15) is 0 Å². The third-order valence-electron chi connectivity index (χ3n) is 4.26. The molecule has 1 aliphatic rings. The molecule has 0 radical (unpaired) electrons. The van der Waals surface area contributed by atoms with Crippen LogP contribution < -0.4 is 0 Å². The van der Waals surface area contributed by atoms with Crippen molar-refractivity contribution < 1.29 is 4.79 Å². The van der Waals surface area contributed by atoms with Crippen molar-refractivity contribution in [3.8, 4) is 0 Å². The average Bonchev–Trinajstić information content (AvgIpc) is 2.94. The Hall–Kier alpha value is -1.35. The van der Waals surface area contributed by atoms with Crippen molar-refractivity contribution in [2.45, 2.75) is 39.2 Å². The first-order valence-corrected chi connectivity index (χ1v) is 7.80. The third-order valence-corrected chi connectivity index (χ3v) is 4.26. The Kier molecular flexibility index (Phi) is 5.60. The summed E-state index contributed by atoms with van der Waals surface area (Å²) in [7, 11) is 0. The number of carbonyl (C=O) groups is 1. The van der Waals surface area contributed by atoms with E-state index in [1.165, 1.54) is 5.56 Å². The Bertz CT molecular complexity index is 414. The van der Waals surface area contributed by atoms with Crippen LogP contribution in [0.5, 0.6) is 0 Å². The van der Waals surface area contributed by atoms with Gasteiger partial charge in [0.2, 0.25) is 5.91 Å². The highest BCUT2D eigenvalue weighted by Crippen LogP contribution is 2.21. The Balaban J connectivity index is 1.95. The van der Waals surface area contributed by atoms with Crippen LogP contribution in [0.3, 0.4) is 0 Å². The van der Waals surface area contributed by atoms with Crippen LogP contribution in [0.2, 0.25) is 0 Å². The molecule has 0 aliphatic carbocycles. The third kappa shape index (κ3) is 3.83. The van der Waals surface area contributed by atoms with Crippen molar-refractivity contribution in [1.29, 1.82) is 0 Å². The molecule has 1 aliphatic heterocycles. The van der Waals surface area contributed by atoms with Gasteiger partial charge in [0.05, 0.1) is 6.54 Å². The molecule has 1 atom stereocenters. The van der Waals surface area contributed by atoms with Gasteiger partial charge in [-0.3, -0.25) is 9.69 Å². The molecule has 0 bridgehead atoms. The lowest BCUT2D eigenvalue weighted by molar-refractivity contribution is -0.133. The molecule has 2 rings (SSSR count). The van der Waals surface area contributed by atoms with Gasteiger partial charge in [0.15, 0.2) is 0 Å². The minimum Gasteiger partial charge on any atom is -0.338 e. The standard InChI is InChI=1S/C17H26N2O/c1-3-18(4-2)14-17(20)19-12-8-11-16(19)13-15-9-6-5-7-10-15/h5-7,9-10,16H,3-4,8,11-14H2,1-2H3. The molecule has 3 heteroatoms. The summed E-state index contributed by atoms with van der Waals surface area (Å²) in [6, 6.07) is 10.9. The molecule has 1 unspecified atom stereocenters. The van der Waals surface area contributed by atoms with Gasteiger partial charge in [-0.25, -0.2) is 0 Å². The van der Waals surface area contributed by atoms with Gasteiger partial charge in [0, 0.05) is 12.6 Å². The van der Waals surface area contributed by atoms with Gasteiger partial charge in [-0.15, -0.1) is 0 Å². The van der Waals surface area contributed by atoms with Crippen LogP contribution >= 0.6 is 0 Å². The first-order valence-electron chi connectivity index (χ1n) is 7.80. The van der Waals surface area contributed by atoms with Crippen LogP contribution in [0.25, 0.3) is 0 Å². The number of likely N-dealkylation sites (N-methyl/N-ethyl adjacent to an activating group) is 1.